The van der Waals surface area contributed by atoms with Crippen molar-refractivity contribution in [3.63, 3.8) is 0 Å². The van der Waals surface area contributed by atoms with E-state index in [0.717, 1.165) is 56.4 Å². The molecule has 5 nitrogen and oxygen atoms in total. The molecule has 0 amide bonds. The quantitative estimate of drug-likeness (QED) is 0.844. The van der Waals surface area contributed by atoms with Crippen molar-refractivity contribution in [2.24, 2.45) is 0 Å². The van der Waals surface area contributed by atoms with E-state index >= 15 is 0 Å². The normalized spacial score (nSPS) is 23.4. The van der Waals surface area contributed by atoms with Gasteiger partial charge in [0.05, 0.1) is 12.6 Å². The van der Waals surface area contributed by atoms with Crippen LogP contribution in [0.2, 0.25) is 0 Å². The Morgan fingerprint density at radius 1 is 1.21 bits per heavy atom. The second-order valence-corrected chi connectivity index (χ2v) is 7.25. The maximum atomic E-state index is 5.60. The molecule has 5 heteroatoms. The monoisotopic (exact) mass is 325 g/mol. The fourth-order valence-electron chi connectivity index (χ4n) is 3.93. The van der Waals surface area contributed by atoms with Crippen molar-refractivity contribution in [3.05, 3.63) is 41.0 Å². The van der Waals surface area contributed by atoms with Gasteiger partial charge in [-0.3, -0.25) is 4.90 Å². The van der Waals surface area contributed by atoms with E-state index < -0.39 is 0 Å². The summed E-state index contributed by atoms with van der Waals surface area (Å²) in [5, 5.41) is 4.27. The number of benzene rings is 1. The fraction of sp³-hybridized carbons (Fsp3) is 0.579. The lowest BCUT2D eigenvalue weighted by atomic mass is 10.1. The average Bonchev–Trinajstić information content (AvgIpc) is 3.04. The first-order valence-corrected chi connectivity index (χ1v) is 9.19. The van der Waals surface area contributed by atoms with E-state index in [4.69, 9.17) is 9.26 Å². The van der Waals surface area contributed by atoms with Crippen molar-refractivity contribution in [2.75, 3.05) is 19.7 Å². The highest BCUT2D eigenvalue weighted by Crippen LogP contribution is 2.40. The Bertz CT molecular complexity index is 738. The number of fused-ring (bicyclic) bond motifs is 1. The zero-order valence-electron chi connectivity index (χ0n) is 13.9. The molecule has 3 aliphatic rings. The van der Waals surface area contributed by atoms with Crippen molar-refractivity contribution in [1.29, 1.82) is 0 Å². The van der Waals surface area contributed by atoms with Crippen LogP contribution in [0, 0.1) is 0 Å². The number of rotatable bonds is 5. The zero-order chi connectivity index (χ0) is 15.9. The van der Waals surface area contributed by atoms with Crippen LogP contribution in [0.25, 0.3) is 0 Å². The van der Waals surface area contributed by atoms with Crippen LogP contribution in [0.3, 0.4) is 0 Å². The Hall–Kier alpha value is -1.88. The predicted octanol–water partition coefficient (Wildman–Crippen LogP) is 3.26. The molecule has 0 radical (unpaired) electrons. The summed E-state index contributed by atoms with van der Waals surface area (Å²) in [6.45, 7) is 3.01. The lowest BCUT2D eigenvalue weighted by Gasteiger charge is -2.21. The van der Waals surface area contributed by atoms with Gasteiger partial charge >= 0.3 is 0 Å². The van der Waals surface area contributed by atoms with E-state index in [9.17, 15) is 0 Å². The summed E-state index contributed by atoms with van der Waals surface area (Å²) in [7, 11) is 0. The van der Waals surface area contributed by atoms with Gasteiger partial charge in [0.15, 0.2) is 5.82 Å². The van der Waals surface area contributed by atoms with Crippen LogP contribution in [0.4, 0.5) is 0 Å². The minimum Gasteiger partial charge on any atom is -0.493 e. The molecule has 1 unspecified atom stereocenters. The van der Waals surface area contributed by atoms with Crippen LogP contribution >= 0.6 is 0 Å². The molecule has 1 atom stereocenters. The molecule has 1 saturated heterocycles. The van der Waals surface area contributed by atoms with Crippen molar-refractivity contribution in [3.8, 4) is 5.75 Å². The van der Waals surface area contributed by atoms with Gasteiger partial charge in [-0.25, -0.2) is 0 Å². The van der Waals surface area contributed by atoms with E-state index in [1.807, 2.05) is 0 Å². The van der Waals surface area contributed by atoms with E-state index in [0.29, 0.717) is 12.0 Å². The third-order valence-corrected chi connectivity index (χ3v) is 5.49. The van der Waals surface area contributed by atoms with Gasteiger partial charge in [0.25, 0.3) is 0 Å². The lowest BCUT2D eigenvalue weighted by Crippen LogP contribution is -2.26. The van der Waals surface area contributed by atoms with Gasteiger partial charge in [-0.05, 0) is 55.8 Å². The summed E-state index contributed by atoms with van der Waals surface area (Å²) in [5.74, 6) is 3.36. The summed E-state index contributed by atoms with van der Waals surface area (Å²) in [6.07, 6.45) is 6.88. The van der Waals surface area contributed by atoms with Crippen LogP contribution in [-0.4, -0.2) is 34.7 Å². The highest BCUT2D eigenvalue weighted by Gasteiger charge is 2.34. The minimum absolute atomic E-state index is 0.332. The molecular weight excluding hydrogens is 302 g/mol. The minimum atomic E-state index is 0.332. The summed E-state index contributed by atoms with van der Waals surface area (Å²) in [5.41, 5.74) is 2.76. The average molecular weight is 325 g/mol. The molecule has 1 aromatic carbocycles. The number of aromatic nitrogens is 2. The van der Waals surface area contributed by atoms with Crippen molar-refractivity contribution in [1.82, 2.24) is 15.0 Å². The molecule has 2 aliphatic heterocycles. The third kappa shape index (κ3) is 2.71. The van der Waals surface area contributed by atoms with E-state index in [1.165, 1.54) is 30.4 Å². The van der Waals surface area contributed by atoms with E-state index in [1.54, 1.807) is 0 Å². The fourth-order valence-corrected chi connectivity index (χ4v) is 3.93. The molecule has 3 heterocycles. The van der Waals surface area contributed by atoms with Crippen molar-refractivity contribution >= 4 is 0 Å². The lowest BCUT2D eigenvalue weighted by molar-refractivity contribution is 0.245. The molecule has 1 aliphatic carbocycles. The largest absolute Gasteiger partial charge is 0.493 e. The molecule has 2 aromatic rings. The zero-order valence-corrected chi connectivity index (χ0v) is 13.9. The first-order valence-electron chi connectivity index (χ1n) is 9.19. The summed E-state index contributed by atoms with van der Waals surface area (Å²) >= 11 is 0. The molecule has 1 aromatic heterocycles. The standard InChI is InChI=1S/C19H23N3O2/c1-2-16(18-20-19(24-21-18)14-4-5-14)22(9-1)10-7-13-3-6-17-15(12-13)8-11-23-17/h3,6,12,14,16H,1-2,4-5,7-11H2. The number of nitrogens with zero attached hydrogens (tertiary/aromatic N) is 3. The summed E-state index contributed by atoms with van der Waals surface area (Å²) in [4.78, 5) is 7.19. The SMILES string of the molecule is c1cc2c(cc1CCN1CCCC1c1noc(C3CC3)n1)CCO2. The van der Waals surface area contributed by atoms with Gasteiger partial charge in [-0.15, -0.1) is 0 Å². The highest BCUT2D eigenvalue weighted by atomic mass is 16.5. The van der Waals surface area contributed by atoms with Crippen LogP contribution in [0.15, 0.2) is 22.7 Å². The van der Waals surface area contributed by atoms with Crippen LogP contribution in [-0.2, 0) is 12.8 Å². The molecule has 24 heavy (non-hydrogen) atoms. The van der Waals surface area contributed by atoms with Gasteiger partial charge in [0, 0.05) is 18.9 Å². The van der Waals surface area contributed by atoms with Gasteiger partial charge in [0.1, 0.15) is 5.75 Å². The molecular formula is C19H23N3O2. The maximum Gasteiger partial charge on any atom is 0.229 e. The number of likely N-dealkylation sites (tertiary alicyclic amines) is 1. The molecule has 2 fully saturated rings. The smallest absolute Gasteiger partial charge is 0.229 e. The van der Waals surface area contributed by atoms with E-state index in [-0.39, 0.29) is 0 Å². The first kappa shape index (κ1) is 14.5. The molecule has 5 rings (SSSR count). The van der Waals surface area contributed by atoms with Crippen LogP contribution in [0.1, 0.15) is 60.5 Å². The van der Waals surface area contributed by atoms with Gasteiger partial charge < -0.3 is 9.26 Å². The van der Waals surface area contributed by atoms with Gasteiger partial charge in [-0.1, -0.05) is 17.3 Å². The Labute approximate surface area is 142 Å². The Kier molecular flexibility index (Phi) is 3.55. The summed E-state index contributed by atoms with van der Waals surface area (Å²) < 4.78 is 11.1. The Morgan fingerprint density at radius 2 is 2.17 bits per heavy atom. The maximum absolute atomic E-state index is 5.60. The molecule has 0 N–H and O–H groups in total. The van der Waals surface area contributed by atoms with Gasteiger partial charge in [-0.2, -0.15) is 4.98 Å². The Balaban J connectivity index is 1.25. The number of hydrogen-bond acceptors (Lipinski definition) is 5. The van der Waals surface area contributed by atoms with Crippen molar-refractivity contribution < 1.29 is 9.26 Å². The van der Waals surface area contributed by atoms with Gasteiger partial charge in [0.2, 0.25) is 5.89 Å². The number of ether oxygens (including phenoxy) is 1. The number of hydrogen-bond donors (Lipinski definition) is 0. The topological polar surface area (TPSA) is 51.4 Å². The second-order valence-electron chi connectivity index (χ2n) is 7.25. The molecule has 0 spiro atoms. The van der Waals surface area contributed by atoms with Crippen LogP contribution < -0.4 is 4.74 Å². The summed E-state index contributed by atoms with van der Waals surface area (Å²) in [6, 6.07) is 6.97. The van der Waals surface area contributed by atoms with Crippen LogP contribution in [0.5, 0.6) is 5.75 Å². The second kappa shape index (κ2) is 5.88. The third-order valence-electron chi connectivity index (χ3n) is 5.49. The molecule has 1 saturated carbocycles. The molecule has 0 bridgehead atoms. The molecule has 126 valence electrons. The van der Waals surface area contributed by atoms with Crippen molar-refractivity contribution in [2.45, 2.75) is 50.5 Å². The predicted molar refractivity (Wildman–Crippen MR) is 89.2 cm³/mol. The first-order chi connectivity index (χ1) is 11.9. The van der Waals surface area contributed by atoms with E-state index in [2.05, 4.69) is 33.2 Å². The highest BCUT2D eigenvalue weighted by molar-refractivity contribution is 5.39. The Morgan fingerprint density at radius 3 is 3.08 bits per heavy atom.